The minimum atomic E-state index is -3.82. The Balaban J connectivity index is 1.50. The van der Waals surface area contributed by atoms with E-state index < -0.39 is 15.8 Å². The number of nitrogens with one attached hydrogen (secondary N) is 1. The molecule has 0 atom stereocenters. The number of rotatable bonds is 7. The number of amides is 2. The molecule has 0 spiro atoms. The van der Waals surface area contributed by atoms with E-state index in [0.29, 0.717) is 0 Å². The minimum Gasteiger partial charge on any atom is -0.339 e. The van der Waals surface area contributed by atoms with Crippen molar-refractivity contribution in [2.45, 2.75) is 25.7 Å². The standard InChI is InChI=1S/C24H31FN4O4S/c1-17-12-18(2)24(19(3)13-17)26-22(30)15-27(4)16-23(31)28-8-10-29(11-9-28)34(32,33)21-7-5-6-20(25)14-21/h5-7,12-14H,8-11,15-16H2,1-4H3,(H,26,30). The number of hydrogen-bond donors (Lipinski definition) is 1. The van der Waals surface area contributed by atoms with Crippen LogP contribution in [0.3, 0.4) is 0 Å². The number of sulfonamides is 1. The third kappa shape index (κ3) is 6.19. The normalized spacial score (nSPS) is 14.9. The summed E-state index contributed by atoms with van der Waals surface area (Å²) >= 11 is 0. The Morgan fingerprint density at radius 3 is 2.21 bits per heavy atom. The summed E-state index contributed by atoms with van der Waals surface area (Å²) < 4.78 is 40.2. The molecule has 10 heteroatoms. The van der Waals surface area contributed by atoms with Gasteiger partial charge in [0.15, 0.2) is 0 Å². The number of piperazine rings is 1. The number of benzene rings is 2. The summed E-state index contributed by atoms with van der Waals surface area (Å²) in [6, 6.07) is 8.90. The predicted octanol–water partition coefficient (Wildman–Crippen LogP) is 2.15. The van der Waals surface area contributed by atoms with Crippen LogP contribution in [0.4, 0.5) is 10.1 Å². The zero-order valence-electron chi connectivity index (χ0n) is 20.0. The van der Waals surface area contributed by atoms with Crippen LogP contribution in [0.1, 0.15) is 16.7 Å². The van der Waals surface area contributed by atoms with Gasteiger partial charge in [0.2, 0.25) is 21.8 Å². The molecular weight excluding hydrogens is 459 g/mol. The highest BCUT2D eigenvalue weighted by Gasteiger charge is 2.30. The quantitative estimate of drug-likeness (QED) is 0.643. The average molecular weight is 491 g/mol. The van der Waals surface area contributed by atoms with Gasteiger partial charge in [-0.2, -0.15) is 4.31 Å². The molecule has 1 aliphatic heterocycles. The molecule has 8 nitrogen and oxygen atoms in total. The van der Waals surface area contributed by atoms with Crippen LogP contribution in [-0.4, -0.2) is 80.7 Å². The van der Waals surface area contributed by atoms with E-state index in [-0.39, 0.29) is 56.0 Å². The van der Waals surface area contributed by atoms with Crippen LogP contribution in [-0.2, 0) is 19.6 Å². The van der Waals surface area contributed by atoms with Crippen LogP contribution in [0.5, 0.6) is 0 Å². The highest BCUT2D eigenvalue weighted by molar-refractivity contribution is 7.89. The summed E-state index contributed by atoms with van der Waals surface area (Å²) in [7, 11) is -2.13. The van der Waals surface area contributed by atoms with Crippen molar-refractivity contribution >= 4 is 27.5 Å². The van der Waals surface area contributed by atoms with Crippen LogP contribution in [0, 0.1) is 26.6 Å². The van der Waals surface area contributed by atoms with Crippen LogP contribution in [0.15, 0.2) is 41.3 Å². The monoisotopic (exact) mass is 490 g/mol. The number of carbonyl (C=O) groups excluding carboxylic acids is 2. The maximum absolute atomic E-state index is 13.5. The molecule has 0 bridgehead atoms. The summed E-state index contributed by atoms with van der Waals surface area (Å²) in [5.41, 5.74) is 3.87. The number of nitrogens with zero attached hydrogens (tertiary/aromatic N) is 3. The van der Waals surface area contributed by atoms with Crippen LogP contribution >= 0.6 is 0 Å². The van der Waals surface area contributed by atoms with Crippen molar-refractivity contribution in [3.8, 4) is 0 Å². The maximum Gasteiger partial charge on any atom is 0.243 e. The molecule has 1 fully saturated rings. The Morgan fingerprint density at radius 1 is 1.00 bits per heavy atom. The molecule has 0 radical (unpaired) electrons. The summed E-state index contributed by atoms with van der Waals surface area (Å²) in [5.74, 6) is -1.01. The van der Waals surface area contributed by atoms with Gasteiger partial charge in [0.25, 0.3) is 0 Å². The van der Waals surface area contributed by atoms with Crippen molar-refractivity contribution in [2.24, 2.45) is 0 Å². The number of aryl methyl sites for hydroxylation is 3. The fourth-order valence-electron chi connectivity index (χ4n) is 4.14. The Morgan fingerprint density at radius 2 is 1.62 bits per heavy atom. The van der Waals surface area contributed by atoms with Gasteiger partial charge in [-0.15, -0.1) is 0 Å². The van der Waals surface area contributed by atoms with E-state index in [2.05, 4.69) is 5.32 Å². The van der Waals surface area contributed by atoms with E-state index >= 15 is 0 Å². The highest BCUT2D eigenvalue weighted by atomic mass is 32.2. The second-order valence-electron chi connectivity index (χ2n) is 8.74. The number of carbonyl (C=O) groups is 2. The van der Waals surface area contributed by atoms with E-state index in [1.54, 1.807) is 16.8 Å². The van der Waals surface area contributed by atoms with Gasteiger partial charge in [0.1, 0.15) is 5.82 Å². The first-order valence-electron chi connectivity index (χ1n) is 11.1. The van der Waals surface area contributed by atoms with E-state index in [4.69, 9.17) is 0 Å². The van der Waals surface area contributed by atoms with E-state index in [1.807, 2.05) is 32.9 Å². The molecule has 2 aromatic rings. The van der Waals surface area contributed by atoms with E-state index in [1.165, 1.54) is 22.5 Å². The SMILES string of the molecule is Cc1cc(C)c(NC(=O)CN(C)CC(=O)N2CCN(S(=O)(=O)c3cccc(F)c3)CC2)c(C)c1. The van der Waals surface area contributed by atoms with Gasteiger partial charge in [-0.05, 0) is 57.1 Å². The third-order valence-corrected chi connectivity index (χ3v) is 7.68. The molecule has 1 saturated heterocycles. The molecule has 184 valence electrons. The summed E-state index contributed by atoms with van der Waals surface area (Å²) in [4.78, 5) is 28.3. The second kappa shape index (κ2) is 10.6. The molecule has 0 saturated carbocycles. The number of halogens is 1. The molecule has 2 amide bonds. The van der Waals surface area contributed by atoms with Gasteiger partial charge in [-0.25, -0.2) is 12.8 Å². The van der Waals surface area contributed by atoms with E-state index in [0.717, 1.165) is 28.4 Å². The zero-order chi connectivity index (χ0) is 25.0. The molecule has 0 aliphatic carbocycles. The lowest BCUT2D eigenvalue weighted by atomic mass is 10.1. The molecule has 1 N–H and O–H groups in total. The first-order valence-corrected chi connectivity index (χ1v) is 12.5. The summed E-state index contributed by atoms with van der Waals surface area (Å²) in [5, 5.41) is 2.93. The fourth-order valence-corrected chi connectivity index (χ4v) is 5.60. The lowest BCUT2D eigenvalue weighted by molar-refractivity contribution is -0.133. The molecule has 1 heterocycles. The summed E-state index contributed by atoms with van der Waals surface area (Å²) in [6.07, 6.45) is 0. The maximum atomic E-state index is 13.5. The molecular formula is C24H31FN4O4S. The van der Waals surface area contributed by atoms with Crippen LogP contribution < -0.4 is 5.32 Å². The smallest absolute Gasteiger partial charge is 0.243 e. The van der Waals surface area contributed by atoms with Gasteiger partial charge < -0.3 is 10.2 Å². The molecule has 2 aromatic carbocycles. The third-order valence-electron chi connectivity index (χ3n) is 5.79. The molecule has 0 aromatic heterocycles. The van der Waals surface area contributed by atoms with E-state index in [9.17, 15) is 22.4 Å². The van der Waals surface area contributed by atoms with Crippen molar-refractivity contribution in [1.82, 2.24) is 14.1 Å². The van der Waals surface area contributed by atoms with Gasteiger partial charge in [0.05, 0.1) is 18.0 Å². The number of anilines is 1. The summed E-state index contributed by atoms with van der Waals surface area (Å²) in [6.45, 7) is 6.68. The molecule has 0 unspecified atom stereocenters. The van der Waals surface area contributed by atoms with Gasteiger partial charge in [-0.1, -0.05) is 23.8 Å². The zero-order valence-corrected chi connectivity index (χ0v) is 20.8. The first-order chi connectivity index (χ1) is 16.0. The Hall–Kier alpha value is -2.82. The van der Waals surface area contributed by atoms with Crippen LogP contribution in [0.25, 0.3) is 0 Å². The van der Waals surface area contributed by atoms with Crippen molar-refractivity contribution < 1.29 is 22.4 Å². The number of hydrogen-bond acceptors (Lipinski definition) is 5. The fraction of sp³-hybridized carbons (Fsp3) is 0.417. The van der Waals surface area contributed by atoms with Crippen molar-refractivity contribution in [1.29, 1.82) is 0 Å². The lowest BCUT2D eigenvalue weighted by Gasteiger charge is -2.34. The molecule has 3 rings (SSSR count). The largest absolute Gasteiger partial charge is 0.339 e. The molecule has 1 aliphatic rings. The lowest BCUT2D eigenvalue weighted by Crippen LogP contribution is -2.52. The van der Waals surface area contributed by atoms with Gasteiger partial charge in [-0.3, -0.25) is 14.5 Å². The number of likely N-dealkylation sites (N-methyl/N-ethyl adjacent to an activating group) is 1. The Bertz CT molecular complexity index is 1150. The predicted molar refractivity (Wildman–Crippen MR) is 129 cm³/mol. The second-order valence-corrected chi connectivity index (χ2v) is 10.7. The van der Waals surface area contributed by atoms with Crippen LogP contribution in [0.2, 0.25) is 0 Å². The Labute approximate surface area is 200 Å². The van der Waals surface area contributed by atoms with Gasteiger partial charge in [0, 0.05) is 31.9 Å². The van der Waals surface area contributed by atoms with Crippen molar-refractivity contribution in [3.05, 3.63) is 58.9 Å². The topological polar surface area (TPSA) is 90.0 Å². The Kier molecular flexibility index (Phi) is 8.06. The minimum absolute atomic E-state index is 0.0376. The van der Waals surface area contributed by atoms with Crippen molar-refractivity contribution in [2.75, 3.05) is 51.6 Å². The highest BCUT2D eigenvalue weighted by Crippen LogP contribution is 2.22. The van der Waals surface area contributed by atoms with Crippen molar-refractivity contribution in [3.63, 3.8) is 0 Å². The first kappa shape index (κ1) is 25.8. The molecule has 34 heavy (non-hydrogen) atoms. The van der Waals surface area contributed by atoms with Gasteiger partial charge >= 0.3 is 0 Å². The average Bonchev–Trinajstić information content (AvgIpc) is 2.76.